The molecule has 0 atom stereocenters. The van der Waals surface area contributed by atoms with Crippen LogP contribution in [-0.4, -0.2) is 9.97 Å². The molecule has 3 nitrogen and oxygen atoms in total. The van der Waals surface area contributed by atoms with Crippen molar-refractivity contribution in [1.82, 2.24) is 9.97 Å². The molecule has 0 saturated heterocycles. The van der Waals surface area contributed by atoms with E-state index in [9.17, 15) is 0 Å². The molecule has 94 valence electrons. The number of benzene rings is 1. The number of rotatable bonds is 4. The minimum atomic E-state index is 0.765. The highest BCUT2D eigenvalue weighted by Gasteiger charge is 2.02. The van der Waals surface area contributed by atoms with Gasteiger partial charge in [0.1, 0.15) is 12.1 Å². The van der Waals surface area contributed by atoms with Gasteiger partial charge in [-0.15, -0.1) is 0 Å². The molecular weight excluding hydrogens is 254 g/mol. The molecule has 4 heteroatoms. The van der Waals surface area contributed by atoms with Crippen molar-refractivity contribution < 1.29 is 0 Å². The van der Waals surface area contributed by atoms with Gasteiger partial charge in [-0.25, -0.2) is 9.97 Å². The average molecular weight is 267 g/mol. The van der Waals surface area contributed by atoms with Crippen LogP contribution in [0.4, 0.5) is 5.82 Å². The maximum absolute atomic E-state index is 4.29. The quantitative estimate of drug-likeness (QED) is 0.781. The van der Waals surface area contributed by atoms with Gasteiger partial charge in [0.05, 0.1) is 5.69 Å². The third kappa shape index (κ3) is 2.98. The lowest BCUT2D eigenvalue weighted by Crippen LogP contribution is -2.01. The molecule has 19 heavy (non-hydrogen) atoms. The monoisotopic (exact) mass is 267 g/mol. The Morgan fingerprint density at radius 2 is 1.95 bits per heavy atom. The van der Waals surface area contributed by atoms with Gasteiger partial charge in [-0.05, 0) is 17.0 Å². The van der Waals surface area contributed by atoms with E-state index in [-0.39, 0.29) is 0 Å². The Hall–Kier alpha value is -2.20. The molecule has 2 heterocycles. The predicted molar refractivity (Wildman–Crippen MR) is 79.1 cm³/mol. The Labute approximate surface area is 116 Å². The van der Waals surface area contributed by atoms with Crippen molar-refractivity contribution in [2.75, 3.05) is 5.32 Å². The van der Waals surface area contributed by atoms with Gasteiger partial charge in [-0.3, -0.25) is 0 Å². The lowest BCUT2D eigenvalue weighted by atomic mass is 10.2. The second-order valence-corrected chi connectivity index (χ2v) is 4.92. The molecule has 0 amide bonds. The average Bonchev–Trinajstić information content (AvgIpc) is 3.01. The molecule has 0 saturated carbocycles. The third-order valence-electron chi connectivity index (χ3n) is 2.80. The summed E-state index contributed by atoms with van der Waals surface area (Å²) in [7, 11) is 0. The minimum Gasteiger partial charge on any atom is -0.366 e. The summed E-state index contributed by atoms with van der Waals surface area (Å²) in [5.41, 5.74) is 3.32. The van der Waals surface area contributed by atoms with Gasteiger partial charge in [0.2, 0.25) is 0 Å². The van der Waals surface area contributed by atoms with Crippen LogP contribution in [0.1, 0.15) is 5.56 Å². The minimum absolute atomic E-state index is 0.765. The Balaban J connectivity index is 1.74. The van der Waals surface area contributed by atoms with Gasteiger partial charge in [-0.1, -0.05) is 30.3 Å². The van der Waals surface area contributed by atoms with Gasteiger partial charge >= 0.3 is 0 Å². The van der Waals surface area contributed by atoms with E-state index >= 15 is 0 Å². The molecule has 0 aliphatic heterocycles. The highest BCUT2D eigenvalue weighted by Crippen LogP contribution is 2.21. The largest absolute Gasteiger partial charge is 0.366 e. The zero-order chi connectivity index (χ0) is 12.9. The van der Waals surface area contributed by atoms with Crippen LogP contribution >= 0.6 is 11.3 Å². The number of hydrogen-bond acceptors (Lipinski definition) is 4. The van der Waals surface area contributed by atoms with E-state index < -0.39 is 0 Å². The smallest absolute Gasteiger partial charge is 0.130 e. The number of thiophene rings is 1. The number of hydrogen-bond donors (Lipinski definition) is 1. The molecular formula is C15H13N3S. The number of anilines is 1. The van der Waals surface area contributed by atoms with Crippen molar-refractivity contribution in [3.05, 3.63) is 65.1 Å². The highest BCUT2D eigenvalue weighted by atomic mass is 32.1. The predicted octanol–water partition coefficient (Wildman–Crippen LogP) is 3.82. The SMILES string of the molecule is c1ccc(CNc2cc(-c3ccsc3)ncn2)cc1. The van der Waals surface area contributed by atoms with Crippen LogP contribution in [-0.2, 0) is 6.54 Å². The second-order valence-electron chi connectivity index (χ2n) is 4.14. The second kappa shape index (κ2) is 5.63. The summed E-state index contributed by atoms with van der Waals surface area (Å²) in [6.45, 7) is 0.765. The third-order valence-corrected chi connectivity index (χ3v) is 3.48. The molecule has 0 aliphatic carbocycles. The maximum atomic E-state index is 4.29. The van der Waals surface area contributed by atoms with Crippen LogP contribution in [0, 0.1) is 0 Å². The molecule has 1 N–H and O–H groups in total. The van der Waals surface area contributed by atoms with Gasteiger partial charge in [0.15, 0.2) is 0 Å². The first-order valence-corrected chi connectivity index (χ1v) is 6.98. The molecule has 0 unspecified atom stereocenters. The van der Waals surface area contributed by atoms with Crippen molar-refractivity contribution in [2.45, 2.75) is 6.54 Å². The number of nitrogens with zero attached hydrogens (tertiary/aromatic N) is 2. The molecule has 0 aliphatic rings. The van der Waals surface area contributed by atoms with Gasteiger partial charge < -0.3 is 5.32 Å². The van der Waals surface area contributed by atoms with Crippen LogP contribution in [0.5, 0.6) is 0 Å². The first-order valence-electron chi connectivity index (χ1n) is 6.04. The van der Waals surface area contributed by atoms with Crippen molar-refractivity contribution >= 4 is 17.2 Å². The van der Waals surface area contributed by atoms with E-state index in [2.05, 4.69) is 44.2 Å². The van der Waals surface area contributed by atoms with Crippen molar-refractivity contribution in [1.29, 1.82) is 0 Å². The first kappa shape index (κ1) is 11.9. The molecule has 0 fully saturated rings. The van der Waals surface area contributed by atoms with E-state index in [1.54, 1.807) is 17.7 Å². The van der Waals surface area contributed by atoms with Crippen molar-refractivity contribution in [3.8, 4) is 11.3 Å². The summed E-state index contributed by atoms with van der Waals surface area (Å²) in [6, 6.07) is 14.3. The van der Waals surface area contributed by atoms with E-state index in [4.69, 9.17) is 0 Å². The summed E-state index contributed by atoms with van der Waals surface area (Å²) in [4.78, 5) is 8.54. The fourth-order valence-corrected chi connectivity index (χ4v) is 2.46. The molecule has 3 aromatic rings. The van der Waals surface area contributed by atoms with Crippen LogP contribution in [0.15, 0.2) is 59.6 Å². The van der Waals surface area contributed by atoms with Crippen LogP contribution in [0.2, 0.25) is 0 Å². The van der Waals surface area contributed by atoms with E-state index in [0.717, 1.165) is 23.6 Å². The number of nitrogens with one attached hydrogen (secondary N) is 1. The first-order chi connectivity index (χ1) is 9.42. The van der Waals surface area contributed by atoms with Crippen molar-refractivity contribution in [3.63, 3.8) is 0 Å². The van der Waals surface area contributed by atoms with Gasteiger partial charge in [-0.2, -0.15) is 11.3 Å². The molecule has 1 aromatic carbocycles. The van der Waals surface area contributed by atoms with Crippen LogP contribution in [0.3, 0.4) is 0 Å². The fourth-order valence-electron chi connectivity index (χ4n) is 1.81. The number of aromatic nitrogens is 2. The zero-order valence-electron chi connectivity index (χ0n) is 10.3. The topological polar surface area (TPSA) is 37.8 Å². The molecule has 3 rings (SSSR count). The Morgan fingerprint density at radius 1 is 1.05 bits per heavy atom. The van der Waals surface area contributed by atoms with Crippen LogP contribution < -0.4 is 5.32 Å². The summed E-state index contributed by atoms with van der Waals surface area (Å²) >= 11 is 1.67. The summed E-state index contributed by atoms with van der Waals surface area (Å²) in [5, 5.41) is 7.45. The van der Waals surface area contributed by atoms with Gasteiger partial charge in [0.25, 0.3) is 0 Å². The standard InChI is InChI=1S/C15H13N3S/c1-2-4-12(5-3-1)9-16-15-8-14(17-11-18-15)13-6-7-19-10-13/h1-8,10-11H,9H2,(H,16,17,18). The highest BCUT2D eigenvalue weighted by molar-refractivity contribution is 7.08. The van der Waals surface area contributed by atoms with E-state index in [1.807, 2.05) is 24.3 Å². The summed E-state index contributed by atoms with van der Waals surface area (Å²) in [6.07, 6.45) is 1.60. The van der Waals surface area contributed by atoms with Gasteiger partial charge in [0, 0.05) is 23.6 Å². The lowest BCUT2D eigenvalue weighted by Gasteiger charge is -2.06. The summed E-state index contributed by atoms with van der Waals surface area (Å²) in [5.74, 6) is 0.847. The van der Waals surface area contributed by atoms with E-state index in [1.165, 1.54) is 5.56 Å². The Kier molecular flexibility index (Phi) is 3.51. The van der Waals surface area contributed by atoms with E-state index in [0.29, 0.717) is 0 Å². The molecule has 0 radical (unpaired) electrons. The molecule has 0 bridgehead atoms. The zero-order valence-corrected chi connectivity index (χ0v) is 11.1. The Morgan fingerprint density at radius 3 is 2.74 bits per heavy atom. The fraction of sp³-hybridized carbons (Fsp3) is 0.0667. The lowest BCUT2D eigenvalue weighted by molar-refractivity contribution is 1.08. The molecule has 0 spiro atoms. The summed E-state index contributed by atoms with van der Waals surface area (Å²) < 4.78 is 0. The Bertz CT molecular complexity index is 636. The maximum Gasteiger partial charge on any atom is 0.130 e. The molecule has 2 aromatic heterocycles. The van der Waals surface area contributed by atoms with Crippen LogP contribution in [0.25, 0.3) is 11.3 Å². The normalized spacial score (nSPS) is 10.3. The van der Waals surface area contributed by atoms with Crippen molar-refractivity contribution in [2.24, 2.45) is 0 Å².